The van der Waals surface area contributed by atoms with Crippen molar-refractivity contribution in [3.8, 4) is 0 Å². The molecule has 194 valence electrons. The van der Waals surface area contributed by atoms with Crippen molar-refractivity contribution in [1.29, 1.82) is 0 Å². The molecule has 4 amide bonds. The fourth-order valence-corrected chi connectivity index (χ4v) is 2.85. The molecule has 34 heavy (non-hydrogen) atoms. The lowest BCUT2D eigenvalue weighted by atomic mass is 10.1. The number of carboxylic acid groups (broad SMARTS) is 1. The van der Waals surface area contributed by atoms with E-state index in [2.05, 4.69) is 33.6 Å². The predicted octanol–water partition coefficient (Wildman–Crippen LogP) is -4.52. The van der Waals surface area contributed by atoms with Gasteiger partial charge in [-0.25, -0.2) is 4.79 Å². The Morgan fingerprint density at radius 3 is 1.97 bits per heavy atom. The number of nitrogens with two attached hydrogens (primary N) is 4. The zero-order valence-electron chi connectivity index (χ0n) is 18.8. The summed E-state index contributed by atoms with van der Waals surface area (Å²) < 4.78 is 0. The number of nitrogens with one attached hydrogen (secondary N) is 3. The Morgan fingerprint density at radius 1 is 0.941 bits per heavy atom. The molecule has 0 bridgehead atoms. The highest BCUT2D eigenvalue weighted by Gasteiger charge is 2.31. The van der Waals surface area contributed by atoms with Gasteiger partial charge in [-0.3, -0.25) is 24.2 Å². The number of hydrogen-bond donors (Lipinski definition) is 10. The van der Waals surface area contributed by atoms with Gasteiger partial charge in [0.15, 0.2) is 12.0 Å². The van der Waals surface area contributed by atoms with Crippen LogP contribution in [0.25, 0.3) is 0 Å². The topological polar surface area (TPSA) is 278 Å². The van der Waals surface area contributed by atoms with Gasteiger partial charge in [-0.15, -0.1) is 0 Å². The van der Waals surface area contributed by atoms with Crippen LogP contribution in [0.5, 0.6) is 0 Å². The summed E-state index contributed by atoms with van der Waals surface area (Å²) >= 11 is 4.03. The largest absolute Gasteiger partial charge is 0.480 e. The van der Waals surface area contributed by atoms with Gasteiger partial charge in [0.1, 0.15) is 12.1 Å². The average molecular weight is 507 g/mol. The van der Waals surface area contributed by atoms with Crippen LogP contribution in [0.1, 0.15) is 32.6 Å². The highest BCUT2D eigenvalue weighted by Crippen LogP contribution is 2.04. The Labute approximate surface area is 201 Å². The summed E-state index contributed by atoms with van der Waals surface area (Å²) in [6.07, 6.45) is -1.33. The number of amides is 4. The van der Waals surface area contributed by atoms with Crippen molar-refractivity contribution in [2.24, 2.45) is 27.9 Å². The molecule has 0 aliphatic heterocycles. The zero-order chi connectivity index (χ0) is 26.4. The number of primary amides is 1. The fourth-order valence-electron chi connectivity index (χ4n) is 2.59. The van der Waals surface area contributed by atoms with Crippen LogP contribution < -0.4 is 38.9 Å². The molecule has 0 aromatic rings. The zero-order valence-corrected chi connectivity index (χ0v) is 19.7. The minimum Gasteiger partial charge on any atom is -0.480 e. The predicted molar refractivity (Wildman–Crippen MR) is 125 cm³/mol. The minimum absolute atomic E-state index is 0.00582. The van der Waals surface area contributed by atoms with Gasteiger partial charge in [-0.2, -0.15) is 12.6 Å². The third kappa shape index (κ3) is 12.2. The van der Waals surface area contributed by atoms with E-state index in [9.17, 15) is 34.2 Å². The van der Waals surface area contributed by atoms with Crippen LogP contribution in [-0.2, 0) is 24.0 Å². The van der Waals surface area contributed by atoms with Crippen LogP contribution in [0, 0.1) is 0 Å². The van der Waals surface area contributed by atoms with Crippen molar-refractivity contribution in [2.45, 2.75) is 62.9 Å². The molecule has 13 N–H and O–H groups in total. The van der Waals surface area contributed by atoms with E-state index in [0.29, 0.717) is 0 Å². The van der Waals surface area contributed by atoms with Crippen LogP contribution >= 0.6 is 12.6 Å². The number of rotatable bonds is 16. The number of nitrogens with zero attached hydrogens (tertiary/aromatic N) is 1. The monoisotopic (exact) mass is 506 g/mol. The number of aliphatic hydroxyl groups excluding tert-OH is 1. The summed E-state index contributed by atoms with van der Waals surface area (Å²) in [7, 11) is 0. The van der Waals surface area contributed by atoms with Gasteiger partial charge in [-0.05, 0) is 26.2 Å². The van der Waals surface area contributed by atoms with Crippen molar-refractivity contribution in [3.05, 3.63) is 0 Å². The van der Waals surface area contributed by atoms with Gasteiger partial charge in [-0.1, -0.05) is 0 Å². The minimum atomic E-state index is -1.62. The van der Waals surface area contributed by atoms with Crippen molar-refractivity contribution in [3.63, 3.8) is 0 Å². The number of carboxylic acids is 1. The van der Waals surface area contributed by atoms with Crippen molar-refractivity contribution >= 4 is 48.2 Å². The number of aliphatic imine (C=N–C) groups is 1. The van der Waals surface area contributed by atoms with E-state index in [1.807, 2.05) is 0 Å². The fraction of sp³-hybridized carbons (Fsp3) is 0.667. The van der Waals surface area contributed by atoms with Gasteiger partial charge in [0, 0.05) is 18.7 Å². The molecular weight excluding hydrogens is 472 g/mol. The van der Waals surface area contributed by atoms with Crippen LogP contribution in [0.4, 0.5) is 0 Å². The smallest absolute Gasteiger partial charge is 0.328 e. The number of thiol groups is 1. The van der Waals surface area contributed by atoms with Gasteiger partial charge >= 0.3 is 5.97 Å². The quantitative estimate of drug-likeness (QED) is 0.0414. The molecule has 0 saturated carbocycles. The number of aliphatic hydroxyl groups is 1. The highest BCUT2D eigenvalue weighted by molar-refractivity contribution is 7.80. The van der Waals surface area contributed by atoms with Crippen LogP contribution in [-0.4, -0.2) is 88.3 Å². The molecule has 15 nitrogen and oxygen atoms in total. The first-order valence-electron chi connectivity index (χ1n) is 10.3. The second-order valence-electron chi connectivity index (χ2n) is 7.43. The molecule has 0 spiro atoms. The molecule has 16 heteroatoms. The third-order valence-electron chi connectivity index (χ3n) is 4.48. The van der Waals surface area contributed by atoms with E-state index in [0.717, 1.165) is 0 Å². The summed E-state index contributed by atoms with van der Waals surface area (Å²) in [6, 6.07) is -5.17. The van der Waals surface area contributed by atoms with Crippen LogP contribution in [0.15, 0.2) is 4.99 Å². The molecule has 0 heterocycles. The lowest BCUT2D eigenvalue weighted by Gasteiger charge is -2.25. The molecular formula is C18H34N8O7S. The van der Waals surface area contributed by atoms with Gasteiger partial charge in [0.25, 0.3) is 0 Å². The molecule has 0 aliphatic rings. The molecule has 0 saturated heterocycles. The van der Waals surface area contributed by atoms with Gasteiger partial charge < -0.3 is 49.1 Å². The second kappa shape index (κ2) is 15.7. The molecule has 0 radical (unpaired) electrons. The van der Waals surface area contributed by atoms with Gasteiger partial charge in [0.2, 0.25) is 23.6 Å². The number of carbonyl (C=O) groups is 5. The standard InChI is InChI=1S/C18H34N8O7S/c1-8(27)13(17(32)33)26-15(30)10(3-2-6-23-18(21)22)24-16(31)11(7-34)25-14(29)9(19)4-5-12(20)28/h8-11,13,27,34H,2-7,19H2,1H3,(H2,20,28)(H,24,31)(H,25,29)(H,26,30)(H,32,33)(H4,21,22,23). The normalized spacial score (nSPS) is 15.1. The average Bonchev–Trinajstić information content (AvgIpc) is 2.74. The summed E-state index contributed by atoms with van der Waals surface area (Å²) in [5, 5.41) is 25.7. The number of aliphatic carboxylic acids is 1. The first-order valence-corrected chi connectivity index (χ1v) is 11.0. The lowest BCUT2D eigenvalue weighted by Crippen LogP contribution is -2.58. The summed E-state index contributed by atoms with van der Waals surface area (Å²) in [6.45, 7) is 1.31. The maximum Gasteiger partial charge on any atom is 0.328 e. The highest BCUT2D eigenvalue weighted by atomic mass is 32.1. The molecule has 5 unspecified atom stereocenters. The first-order chi connectivity index (χ1) is 15.8. The summed E-state index contributed by atoms with van der Waals surface area (Å²) in [5.74, 6) is -4.85. The van der Waals surface area contributed by atoms with E-state index in [-0.39, 0.29) is 43.9 Å². The molecule has 0 rings (SSSR count). The van der Waals surface area contributed by atoms with Crippen molar-refractivity contribution < 1.29 is 34.2 Å². The Bertz CT molecular complexity index is 761. The third-order valence-corrected chi connectivity index (χ3v) is 4.84. The lowest BCUT2D eigenvalue weighted by molar-refractivity contribution is -0.145. The maximum absolute atomic E-state index is 12.7. The second-order valence-corrected chi connectivity index (χ2v) is 7.80. The Kier molecular flexibility index (Phi) is 14.2. The number of hydrogen-bond acceptors (Lipinski definition) is 9. The van der Waals surface area contributed by atoms with E-state index < -0.39 is 59.9 Å². The number of carbonyl (C=O) groups excluding carboxylic acids is 4. The van der Waals surface area contributed by atoms with E-state index in [1.165, 1.54) is 6.92 Å². The van der Waals surface area contributed by atoms with Crippen molar-refractivity contribution in [1.82, 2.24) is 16.0 Å². The number of guanidine groups is 1. The molecule has 5 atom stereocenters. The SMILES string of the molecule is CC(O)C(NC(=O)C(CCCN=C(N)N)NC(=O)C(CS)NC(=O)C(N)CCC(N)=O)C(=O)O. The Morgan fingerprint density at radius 2 is 1.50 bits per heavy atom. The molecule has 0 aromatic heterocycles. The van der Waals surface area contributed by atoms with Gasteiger partial charge in [0.05, 0.1) is 12.1 Å². The van der Waals surface area contributed by atoms with Crippen molar-refractivity contribution in [2.75, 3.05) is 12.3 Å². The maximum atomic E-state index is 12.7. The summed E-state index contributed by atoms with van der Waals surface area (Å²) in [5.41, 5.74) is 21.2. The Balaban J connectivity index is 5.35. The van der Waals surface area contributed by atoms with Crippen LogP contribution in [0.2, 0.25) is 0 Å². The van der Waals surface area contributed by atoms with E-state index >= 15 is 0 Å². The summed E-state index contributed by atoms with van der Waals surface area (Å²) in [4.78, 5) is 63.5. The molecule has 0 fully saturated rings. The molecule has 0 aromatic carbocycles. The Hall–Kier alpha value is -3.11. The van der Waals surface area contributed by atoms with E-state index in [1.54, 1.807) is 0 Å². The molecule has 0 aliphatic carbocycles. The van der Waals surface area contributed by atoms with Crippen LogP contribution in [0.3, 0.4) is 0 Å². The first kappa shape index (κ1) is 30.9. The van der Waals surface area contributed by atoms with E-state index in [4.69, 9.17) is 22.9 Å².